The number of carbonyl (C=O) groups excluding carboxylic acids is 1. The molecule has 1 fully saturated rings. The summed E-state index contributed by atoms with van der Waals surface area (Å²) in [7, 11) is 0. The molecule has 17 heteroatoms. The Kier molecular flexibility index (Phi) is 5.40. The van der Waals surface area contributed by atoms with E-state index >= 15 is 0 Å². The number of hydrogen-bond donors (Lipinski definition) is 13. The van der Waals surface area contributed by atoms with Crippen LogP contribution < -0.4 is 0 Å². The van der Waals surface area contributed by atoms with E-state index in [0.717, 1.165) is 0 Å². The maximum absolute atomic E-state index is 11.3. The van der Waals surface area contributed by atoms with Gasteiger partial charge in [0.05, 0.1) is 6.42 Å². The molecule has 1 atom stereocenters. The Morgan fingerprint density at radius 2 is 1.33 bits per heavy atom. The first kappa shape index (κ1) is 23.5. The van der Waals surface area contributed by atoms with Crippen molar-refractivity contribution in [2.45, 2.75) is 48.7 Å². The molecule has 0 saturated carbocycles. The van der Waals surface area contributed by atoms with Gasteiger partial charge in [-0.3, -0.25) is 20.1 Å². The molecule has 0 aromatic carbocycles. The van der Waals surface area contributed by atoms with Crippen LogP contribution in [0.2, 0.25) is 0 Å². The predicted octanol–water partition coefficient (Wildman–Crippen LogP) is -8.27. The minimum absolute atomic E-state index is 1.70. The highest BCUT2D eigenvalue weighted by atomic mass is 16.8. The maximum atomic E-state index is 11.3. The summed E-state index contributed by atoms with van der Waals surface area (Å²) >= 11 is 0. The first-order valence-electron chi connectivity index (χ1n) is 6.66. The zero-order valence-corrected chi connectivity index (χ0v) is 13.0. The normalized spacial score (nSPS) is 22.5. The lowest BCUT2D eigenvalue weighted by molar-refractivity contribution is -1.28. The molecule has 1 rings (SSSR count). The molecular formula is C10H18NO16+. The predicted molar refractivity (Wildman–Crippen MR) is 67.3 cm³/mol. The van der Waals surface area contributed by atoms with Crippen molar-refractivity contribution in [2.24, 2.45) is 0 Å². The van der Waals surface area contributed by atoms with E-state index in [1.807, 2.05) is 0 Å². The molecule has 1 heterocycles. The monoisotopic (exact) mass is 408 g/mol. The number of likely N-dealkylation sites (tertiary alicyclic amines) is 1. The maximum Gasteiger partial charge on any atom is 0.455 e. The molecular weight excluding hydrogens is 390 g/mol. The van der Waals surface area contributed by atoms with Crippen LogP contribution in [0, 0.1) is 0 Å². The molecule has 17 nitrogen and oxygen atoms in total. The number of quaternary nitrogens is 1. The molecule has 0 aromatic rings. The third-order valence-electron chi connectivity index (χ3n) is 3.81. The van der Waals surface area contributed by atoms with Crippen molar-refractivity contribution >= 4 is 11.9 Å². The summed E-state index contributed by atoms with van der Waals surface area (Å²) in [6, 6.07) is 0. The lowest BCUT2D eigenvalue weighted by Crippen LogP contribution is -2.99. The summed E-state index contributed by atoms with van der Waals surface area (Å²) in [6.45, 7) is 0. The molecule has 1 aliphatic rings. The third kappa shape index (κ3) is 3.36. The van der Waals surface area contributed by atoms with Gasteiger partial charge in [0.2, 0.25) is 6.10 Å². The number of aliphatic hydroxyl groups is 12. The van der Waals surface area contributed by atoms with E-state index in [4.69, 9.17) is 20.4 Å². The molecule has 0 radical (unpaired) electrons. The van der Waals surface area contributed by atoms with Crippen molar-refractivity contribution in [3.63, 3.8) is 0 Å². The number of nitrogens with zero attached hydrogens (tertiary/aromatic N) is 1. The molecule has 13 N–H and O–H groups in total. The summed E-state index contributed by atoms with van der Waals surface area (Å²) in [5.41, 5.74) is 0. The summed E-state index contributed by atoms with van der Waals surface area (Å²) in [5, 5.41) is 122. The Bertz CT molecular complexity index is 580. The Morgan fingerprint density at radius 3 is 1.59 bits per heavy atom. The summed E-state index contributed by atoms with van der Waals surface area (Å²) in [4.78, 5) is 22.1. The van der Waals surface area contributed by atoms with Crippen LogP contribution in [0.4, 0.5) is 0 Å². The van der Waals surface area contributed by atoms with Gasteiger partial charge in [-0.15, -0.1) is 0 Å². The van der Waals surface area contributed by atoms with Gasteiger partial charge in [-0.05, 0) is 0 Å². The number of carboxylic acids is 1. The molecule has 158 valence electrons. The summed E-state index contributed by atoms with van der Waals surface area (Å²) in [5.74, 6) is -21.7. The molecule has 0 spiro atoms. The Hall–Kier alpha value is -1.58. The smallest absolute Gasteiger partial charge is 0.455 e. The van der Waals surface area contributed by atoms with Crippen molar-refractivity contribution in [3.8, 4) is 0 Å². The zero-order chi connectivity index (χ0) is 21.9. The quantitative estimate of drug-likeness (QED) is 0.106. The van der Waals surface area contributed by atoms with Crippen LogP contribution in [0.5, 0.6) is 0 Å². The van der Waals surface area contributed by atoms with Crippen LogP contribution in [-0.2, 0) is 14.3 Å². The fraction of sp³-hybridized carbons (Fsp3) is 0.800. The molecule has 0 aliphatic carbocycles. The van der Waals surface area contributed by atoms with E-state index in [1.165, 1.54) is 0 Å². The highest BCUT2D eigenvalue weighted by Crippen LogP contribution is 2.56. The summed E-state index contributed by atoms with van der Waals surface area (Å²) in [6.07, 6.45) is -11.6. The number of aliphatic carboxylic acids is 1. The van der Waals surface area contributed by atoms with E-state index in [0.29, 0.717) is 0 Å². The fourth-order valence-corrected chi connectivity index (χ4v) is 2.82. The topological polar surface area (TPSA) is 306 Å². The van der Waals surface area contributed by atoms with Gasteiger partial charge in [-0.25, -0.2) is 4.79 Å². The minimum atomic E-state index is -4.85. The Morgan fingerprint density at radius 1 is 0.926 bits per heavy atom. The SMILES string of the molecule is O=C(O)CC(OC(=O)C(O)(O)O)C(O)(O)[N+]1(C(O)(O)O)C(O)(O)CC1(O)O. The standard InChI is InChI=1S/C10H17NO16/c12-4(13)1-3(27-5(14)9(21,22)23)8(19,20)11(10(24,25)26)6(15,16)2-7(11,17)18/h3,15-26H,1-2H2/p+1. The van der Waals surface area contributed by atoms with Gasteiger partial charge in [0.25, 0.3) is 0 Å². The molecule has 1 saturated heterocycles. The van der Waals surface area contributed by atoms with Gasteiger partial charge in [-0.1, -0.05) is 4.48 Å². The highest BCUT2D eigenvalue weighted by molar-refractivity contribution is 5.76. The fourth-order valence-electron chi connectivity index (χ4n) is 2.82. The first-order valence-corrected chi connectivity index (χ1v) is 6.66. The molecule has 1 aliphatic heterocycles. The van der Waals surface area contributed by atoms with Crippen molar-refractivity contribution in [1.82, 2.24) is 0 Å². The van der Waals surface area contributed by atoms with Crippen molar-refractivity contribution in [1.29, 1.82) is 0 Å². The lowest BCUT2D eigenvalue weighted by Gasteiger charge is -2.65. The van der Waals surface area contributed by atoms with Gasteiger partial charge in [-0.2, -0.15) is 0 Å². The van der Waals surface area contributed by atoms with Crippen LogP contribution in [0.3, 0.4) is 0 Å². The number of hydrogen-bond acceptors (Lipinski definition) is 15. The molecule has 0 amide bonds. The van der Waals surface area contributed by atoms with Crippen molar-refractivity contribution in [3.05, 3.63) is 0 Å². The number of ether oxygens (including phenoxy) is 1. The Labute approximate surface area is 147 Å². The average Bonchev–Trinajstić information content (AvgIpc) is 2.30. The van der Waals surface area contributed by atoms with Crippen LogP contribution in [0.15, 0.2) is 0 Å². The second kappa shape index (κ2) is 6.22. The van der Waals surface area contributed by atoms with Crippen molar-refractivity contribution < 1.29 is 85.2 Å². The van der Waals surface area contributed by atoms with E-state index in [9.17, 15) is 55.5 Å². The zero-order valence-electron chi connectivity index (χ0n) is 13.0. The van der Waals surface area contributed by atoms with Gasteiger partial charge >= 0.3 is 41.7 Å². The van der Waals surface area contributed by atoms with Gasteiger partial charge in [0.1, 0.15) is 0 Å². The van der Waals surface area contributed by atoms with Crippen LogP contribution in [-0.4, -0.2) is 119 Å². The Balaban J connectivity index is 3.62. The van der Waals surface area contributed by atoms with E-state index in [2.05, 4.69) is 4.74 Å². The molecule has 27 heavy (non-hydrogen) atoms. The second-order valence-corrected chi connectivity index (χ2v) is 5.81. The van der Waals surface area contributed by atoms with Gasteiger partial charge in [0, 0.05) is 0 Å². The third-order valence-corrected chi connectivity index (χ3v) is 3.81. The average molecular weight is 408 g/mol. The minimum Gasteiger partial charge on any atom is -0.481 e. The highest BCUT2D eigenvalue weighted by Gasteiger charge is 2.92. The number of esters is 1. The lowest BCUT2D eigenvalue weighted by atomic mass is 9.91. The van der Waals surface area contributed by atoms with E-state index < -0.39 is 65.2 Å². The largest absolute Gasteiger partial charge is 0.481 e. The number of carboxylic acid groups (broad SMARTS) is 1. The van der Waals surface area contributed by atoms with E-state index in [-0.39, 0.29) is 0 Å². The second-order valence-electron chi connectivity index (χ2n) is 5.81. The molecule has 0 aromatic heterocycles. The van der Waals surface area contributed by atoms with Gasteiger partial charge < -0.3 is 55.8 Å². The first-order chi connectivity index (χ1) is 11.6. The number of rotatable bonds is 7. The molecule has 0 bridgehead atoms. The molecule has 1 unspecified atom stereocenters. The van der Waals surface area contributed by atoms with E-state index in [1.54, 1.807) is 0 Å². The number of carbonyl (C=O) groups is 2. The van der Waals surface area contributed by atoms with Crippen LogP contribution in [0.1, 0.15) is 12.8 Å². The summed E-state index contributed by atoms with van der Waals surface area (Å²) < 4.78 is 0.322. The van der Waals surface area contributed by atoms with Gasteiger partial charge in [0.15, 0.2) is 6.42 Å². The van der Waals surface area contributed by atoms with Crippen LogP contribution in [0.25, 0.3) is 0 Å². The van der Waals surface area contributed by atoms with Crippen LogP contribution >= 0.6 is 0 Å². The van der Waals surface area contributed by atoms with Crippen molar-refractivity contribution in [2.75, 3.05) is 0 Å².